The molecule has 0 spiro atoms. The van der Waals surface area contributed by atoms with E-state index in [0.29, 0.717) is 5.75 Å². The molecule has 0 aliphatic rings. The number of amides is 1. The zero-order valence-corrected chi connectivity index (χ0v) is 12.9. The van der Waals surface area contributed by atoms with Gasteiger partial charge in [0.25, 0.3) is 5.91 Å². The van der Waals surface area contributed by atoms with Crippen LogP contribution in [0, 0.1) is 0 Å². The van der Waals surface area contributed by atoms with Crippen LogP contribution in [0.3, 0.4) is 0 Å². The SMILES string of the molecule is CCc1ccc(OCC(=O)N/N=C(/C)c2ccccc2)cc1. The second-order valence-corrected chi connectivity index (χ2v) is 4.88. The maximum absolute atomic E-state index is 11.7. The van der Waals surface area contributed by atoms with Crippen molar-refractivity contribution in [2.24, 2.45) is 5.10 Å². The molecule has 0 radical (unpaired) electrons. The Morgan fingerprint density at radius 1 is 1.09 bits per heavy atom. The molecule has 0 saturated heterocycles. The second-order valence-electron chi connectivity index (χ2n) is 4.88. The summed E-state index contributed by atoms with van der Waals surface area (Å²) in [6.45, 7) is 3.88. The van der Waals surface area contributed by atoms with Crippen molar-refractivity contribution in [2.75, 3.05) is 6.61 Å². The van der Waals surface area contributed by atoms with Gasteiger partial charge in [-0.25, -0.2) is 5.43 Å². The zero-order chi connectivity index (χ0) is 15.8. The van der Waals surface area contributed by atoms with E-state index in [1.54, 1.807) is 0 Å². The van der Waals surface area contributed by atoms with Crippen molar-refractivity contribution in [1.82, 2.24) is 5.43 Å². The molecule has 2 aromatic rings. The molecule has 1 N–H and O–H groups in total. The molecule has 0 saturated carbocycles. The Hall–Kier alpha value is -2.62. The zero-order valence-electron chi connectivity index (χ0n) is 12.9. The quantitative estimate of drug-likeness (QED) is 0.657. The van der Waals surface area contributed by atoms with Gasteiger partial charge in [-0.1, -0.05) is 49.4 Å². The van der Waals surface area contributed by atoms with E-state index in [2.05, 4.69) is 17.5 Å². The van der Waals surface area contributed by atoms with Crippen molar-refractivity contribution < 1.29 is 9.53 Å². The summed E-state index contributed by atoms with van der Waals surface area (Å²) in [6, 6.07) is 17.4. The number of benzene rings is 2. The molecule has 2 aromatic carbocycles. The fraction of sp³-hybridized carbons (Fsp3) is 0.222. The number of hydrazone groups is 1. The van der Waals surface area contributed by atoms with Crippen molar-refractivity contribution in [3.8, 4) is 5.75 Å². The number of ether oxygens (including phenoxy) is 1. The van der Waals surface area contributed by atoms with E-state index in [9.17, 15) is 4.79 Å². The van der Waals surface area contributed by atoms with Crippen molar-refractivity contribution in [2.45, 2.75) is 20.3 Å². The monoisotopic (exact) mass is 296 g/mol. The van der Waals surface area contributed by atoms with Crippen molar-refractivity contribution in [3.05, 3.63) is 65.7 Å². The van der Waals surface area contributed by atoms with Crippen molar-refractivity contribution >= 4 is 11.6 Å². The van der Waals surface area contributed by atoms with Gasteiger partial charge in [0.1, 0.15) is 5.75 Å². The Labute approximate surface area is 130 Å². The number of aryl methyl sites for hydroxylation is 1. The van der Waals surface area contributed by atoms with Gasteiger partial charge < -0.3 is 4.74 Å². The number of rotatable bonds is 6. The van der Waals surface area contributed by atoms with E-state index in [4.69, 9.17) is 4.74 Å². The van der Waals surface area contributed by atoms with Gasteiger partial charge in [0.05, 0.1) is 5.71 Å². The molecular weight excluding hydrogens is 276 g/mol. The molecule has 0 aliphatic heterocycles. The summed E-state index contributed by atoms with van der Waals surface area (Å²) in [5.41, 5.74) is 5.46. The van der Waals surface area contributed by atoms with Crippen LogP contribution < -0.4 is 10.2 Å². The first-order valence-electron chi connectivity index (χ1n) is 7.29. The van der Waals surface area contributed by atoms with Crippen LogP contribution in [-0.4, -0.2) is 18.2 Å². The third kappa shape index (κ3) is 4.74. The molecular formula is C18H20N2O2. The van der Waals surface area contributed by atoms with Gasteiger partial charge in [0.2, 0.25) is 0 Å². The van der Waals surface area contributed by atoms with Crippen molar-refractivity contribution in [1.29, 1.82) is 0 Å². The summed E-state index contributed by atoms with van der Waals surface area (Å²) >= 11 is 0. The number of hydrogen-bond donors (Lipinski definition) is 1. The minimum Gasteiger partial charge on any atom is -0.484 e. The Morgan fingerprint density at radius 2 is 1.77 bits per heavy atom. The van der Waals surface area contributed by atoms with Crippen LogP contribution in [-0.2, 0) is 11.2 Å². The highest BCUT2D eigenvalue weighted by atomic mass is 16.5. The summed E-state index contributed by atoms with van der Waals surface area (Å²) in [5.74, 6) is 0.394. The van der Waals surface area contributed by atoms with Crippen LogP contribution in [0.1, 0.15) is 25.0 Å². The first-order chi connectivity index (χ1) is 10.7. The maximum atomic E-state index is 11.7. The topological polar surface area (TPSA) is 50.7 Å². The van der Waals surface area contributed by atoms with Crippen LogP contribution in [0.2, 0.25) is 0 Å². The standard InChI is InChI=1S/C18H20N2O2/c1-3-15-9-11-17(12-10-15)22-13-18(21)20-19-14(2)16-7-5-4-6-8-16/h4-12H,3,13H2,1-2H3,(H,20,21)/b19-14-. The molecule has 4 nitrogen and oxygen atoms in total. The highest BCUT2D eigenvalue weighted by Crippen LogP contribution is 2.12. The van der Waals surface area contributed by atoms with E-state index >= 15 is 0 Å². The summed E-state index contributed by atoms with van der Waals surface area (Å²) in [5, 5.41) is 4.07. The first-order valence-corrected chi connectivity index (χ1v) is 7.29. The lowest BCUT2D eigenvalue weighted by Gasteiger charge is -2.06. The lowest BCUT2D eigenvalue weighted by atomic mass is 10.1. The van der Waals surface area contributed by atoms with E-state index < -0.39 is 0 Å². The molecule has 4 heteroatoms. The molecule has 1 amide bonds. The van der Waals surface area contributed by atoms with Crippen LogP contribution in [0.5, 0.6) is 5.75 Å². The largest absolute Gasteiger partial charge is 0.484 e. The fourth-order valence-electron chi connectivity index (χ4n) is 1.89. The Kier molecular flexibility index (Phi) is 5.72. The molecule has 0 unspecified atom stereocenters. The molecule has 0 aliphatic carbocycles. The Morgan fingerprint density at radius 3 is 2.41 bits per heavy atom. The third-order valence-electron chi connectivity index (χ3n) is 3.24. The summed E-state index contributed by atoms with van der Waals surface area (Å²) in [4.78, 5) is 11.7. The molecule has 22 heavy (non-hydrogen) atoms. The first kappa shape index (κ1) is 15.8. The summed E-state index contributed by atoms with van der Waals surface area (Å²) in [7, 11) is 0. The fourth-order valence-corrected chi connectivity index (χ4v) is 1.89. The van der Waals surface area contributed by atoms with Gasteiger partial charge in [0.15, 0.2) is 6.61 Å². The average molecular weight is 296 g/mol. The highest BCUT2D eigenvalue weighted by molar-refractivity contribution is 5.99. The van der Waals surface area contributed by atoms with Gasteiger partial charge >= 0.3 is 0 Å². The normalized spacial score (nSPS) is 11.1. The van der Waals surface area contributed by atoms with Crippen LogP contribution in [0.15, 0.2) is 59.7 Å². The summed E-state index contributed by atoms with van der Waals surface area (Å²) < 4.78 is 5.42. The molecule has 0 bridgehead atoms. The smallest absolute Gasteiger partial charge is 0.277 e. The average Bonchev–Trinajstić information content (AvgIpc) is 2.59. The Balaban J connectivity index is 1.82. The van der Waals surface area contributed by atoms with E-state index in [-0.39, 0.29) is 12.5 Å². The molecule has 0 atom stereocenters. The third-order valence-corrected chi connectivity index (χ3v) is 3.24. The maximum Gasteiger partial charge on any atom is 0.277 e. The Bertz CT molecular complexity index is 634. The van der Waals surface area contributed by atoms with Gasteiger partial charge in [0, 0.05) is 0 Å². The van der Waals surface area contributed by atoms with Gasteiger partial charge in [-0.3, -0.25) is 4.79 Å². The minimum atomic E-state index is -0.283. The predicted octanol–water partition coefficient (Wildman–Crippen LogP) is 3.17. The van der Waals surface area contributed by atoms with E-state index in [1.807, 2.05) is 61.5 Å². The molecule has 114 valence electrons. The van der Waals surface area contributed by atoms with Crippen molar-refractivity contribution in [3.63, 3.8) is 0 Å². The molecule has 0 aromatic heterocycles. The van der Waals surface area contributed by atoms with Gasteiger partial charge in [-0.15, -0.1) is 0 Å². The van der Waals surface area contributed by atoms with Crippen LogP contribution >= 0.6 is 0 Å². The molecule has 0 heterocycles. The number of nitrogens with zero attached hydrogens (tertiary/aromatic N) is 1. The molecule has 0 fully saturated rings. The van der Waals surface area contributed by atoms with Crippen LogP contribution in [0.25, 0.3) is 0 Å². The highest BCUT2D eigenvalue weighted by Gasteiger charge is 2.03. The van der Waals surface area contributed by atoms with E-state index in [1.165, 1.54) is 5.56 Å². The number of nitrogens with one attached hydrogen (secondary N) is 1. The minimum absolute atomic E-state index is 0.0585. The van der Waals surface area contributed by atoms with Gasteiger partial charge in [-0.05, 0) is 36.6 Å². The number of hydrogen-bond acceptors (Lipinski definition) is 3. The second kappa shape index (κ2) is 7.98. The predicted molar refractivity (Wildman–Crippen MR) is 88.1 cm³/mol. The van der Waals surface area contributed by atoms with Gasteiger partial charge in [-0.2, -0.15) is 5.10 Å². The van der Waals surface area contributed by atoms with E-state index in [0.717, 1.165) is 17.7 Å². The van der Waals surface area contributed by atoms with Crippen LogP contribution in [0.4, 0.5) is 0 Å². The summed E-state index contributed by atoms with van der Waals surface area (Å²) in [6.07, 6.45) is 0.980. The number of carbonyl (C=O) groups is 1. The lowest BCUT2D eigenvalue weighted by molar-refractivity contribution is -0.123. The molecule has 2 rings (SSSR count). The lowest BCUT2D eigenvalue weighted by Crippen LogP contribution is -2.25. The number of carbonyl (C=O) groups excluding carboxylic acids is 1.